The van der Waals surface area contributed by atoms with Gasteiger partial charge in [-0.1, -0.05) is 42.5 Å². The lowest BCUT2D eigenvalue weighted by Gasteiger charge is -2.08. The molecule has 0 saturated heterocycles. The zero-order chi connectivity index (χ0) is 23.2. The second-order valence-corrected chi connectivity index (χ2v) is 8.49. The molecule has 3 aromatic carbocycles. The number of hydrogen-bond donors (Lipinski definition) is 1. The van der Waals surface area contributed by atoms with Gasteiger partial charge >= 0.3 is 0 Å². The van der Waals surface area contributed by atoms with E-state index in [9.17, 15) is 4.79 Å². The Morgan fingerprint density at radius 1 is 0.794 bits per heavy atom. The highest BCUT2D eigenvalue weighted by Gasteiger charge is 2.09. The van der Waals surface area contributed by atoms with Gasteiger partial charge in [-0.3, -0.25) is 9.78 Å². The summed E-state index contributed by atoms with van der Waals surface area (Å²) in [5.41, 5.74) is 4.67. The summed E-state index contributed by atoms with van der Waals surface area (Å²) in [7, 11) is 0. The van der Waals surface area contributed by atoms with Crippen LogP contribution in [0.4, 0.5) is 5.69 Å². The quantitative estimate of drug-likeness (QED) is 0.287. The smallest absolute Gasteiger partial charge is 0.228 e. The molecule has 1 amide bonds. The van der Waals surface area contributed by atoms with Crippen molar-refractivity contribution in [2.75, 3.05) is 5.32 Å². The van der Waals surface area contributed by atoms with E-state index in [4.69, 9.17) is 9.72 Å². The number of nitrogens with zero attached hydrogens (tertiary/aromatic N) is 2. The summed E-state index contributed by atoms with van der Waals surface area (Å²) < 4.78 is 5.79. The molecule has 0 unspecified atom stereocenters. The Bertz CT molecular complexity index is 1370. The van der Waals surface area contributed by atoms with Crippen LogP contribution in [0.15, 0.2) is 109 Å². The zero-order valence-electron chi connectivity index (χ0n) is 18.2. The molecule has 0 fully saturated rings. The van der Waals surface area contributed by atoms with Crippen molar-refractivity contribution in [1.29, 1.82) is 0 Å². The number of carbonyl (C=O) groups excluding carboxylic acids is 1. The molecule has 5 rings (SSSR count). The summed E-state index contributed by atoms with van der Waals surface area (Å²) in [5, 5.41) is 5.94. The minimum Gasteiger partial charge on any atom is -0.457 e. The van der Waals surface area contributed by atoms with E-state index in [2.05, 4.69) is 10.3 Å². The standard InChI is InChI=1S/C28H21N3O2S/c32-27(30-23-10-12-25(13-11-23)33-24-4-2-1-3-5-24)18-20-6-8-21(9-7-20)26-19-34-28(31-26)22-14-16-29-17-15-22/h1-17,19H,18H2,(H,30,32). The third-order valence-corrected chi connectivity index (χ3v) is 6.05. The molecule has 1 N–H and O–H groups in total. The SMILES string of the molecule is O=C(Cc1ccc(-c2csc(-c3ccncc3)n2)cc1)Nc1ccc(Oc2ccccc2)cc1. The van der Waals surface area contributed by atoms with Gasteiger partial charge < -0.3 is 10.1 Å². The van der Waals surface area contributed by atoms with Crippen LogP contribution in [0, 0.1) is 0 Å². The molecule has 2 aromatic heterocycles. The van der Waals surface area contributed by atoms with Gasteiger partial charge in [0.05, 0.1) is 12.1 Å². The van der Waals surface area contributed by atoms with E-state index in [0.29, 0.717) is 12.2 Å². The Hall–Kier alpha value is -4.29. The van der Waals surface area contributed by atoms with Crippen molar-refractivity contribution < 1.29 is 9.53 Å². The zero-order valence-corrected chi connectivity index (χ0v) is 19.0. The van der Waals surface area contributed by atoms with Crippen molar-refractivity contribution in [1.82, 2.24) is 9.97 Å². The van der Waals surface area contributed by atoms with Crippen LogP contribution in [-0.4, -0.2) is 15.9 Å². The van der Waals surface area contributed by atoms with Gasteiger partial charge in [0.2, 0.25) is 5.91 Å². The molecule has 6 heteroatoms. The number of rotatable bonds is 7. The highest BCUT2D eigenvalue weighted by atomic mass is 32.1. The van der Waals surface area contributed by atoms with Gasteiger partial charge in [-0.25, -0.2) is 4.98 Å². The van der Waals surface area contributed by atoms with Crippen LogP contribution in [0.1, 0.15) is 5.56 Å². The molecule has 0 aliphatic heterocycles. The third-order valence-electron chi connectivity index (χ3n) is 5.16. The van der Waals surface area contributed by atoms with Crippen LogP contribution in [0.2, 0.25) is 0 Å². The number of anilines is 1. The molecule has 0 saturated carbocycles. The minimum atomic E-state index is -0.0712. The lowest BCUT2D eigenvalue weighted by molar-refractivity contribution is -0.115. The van der Waals surface area contributed by atoms with Crippen molar-refractivity contribution >= 4 is 22.9 Å². The Balaban J connectivity index is 1.17. The summed E-state index contributed by atoms with van der Waals surface area (Å²) in [6, 6.07) is 28.8. The van der Waals surface area contributed by atoms with Gasteiger partial charge in [0.25, 0.3) is 0 Å². The number of amides is 1. The predicted molar refractivity (Wildman–Crippen MR) is 136 cm³/mol. The molecular weight excluding hydrogens is 442 g/mol. The Labute approximate surface area is 201 Å². The molecule has 5 nitrogen and oxygen atoms in total. The molecule has 0 spiro atoms. The van der Waals surface area contributed by atoms with Gasteiger partial charge in [0.1, 0.15) is 16.5 Å². The number of thiazole rings is 1. The Morgan fingerprint density at radius 3 is 2.24 bits per heavy atom. The van der Waals surface area contributed by atoms with Crippen LogP contribution in [-0.2, 0) is 11.2 Å². The fourth-order valence-electron chi connectivity index (χ4n) is 3.45. The van der Waals surface area contributed by atoms with Gasteiger partial charge in [0.15, 0.2) is 0 Å². The van der Waals surface area contributed by atoms with Crippen LogP contribution in [0.3, 0.4) is 0 Å². The average Bonchev–Trinajstić information content (AvgIpc) is 3.37. The first kappa shape index (κ1) is 21.6. The number of nitrogens with one attached hydrogen (secondary N) is 1. The van der Waals surface area contributed by atoms with E-state index in [1.165, 1.54) is 0 Å². The fourth-order valence-corrected chi connectivity index (χ4v) is 4.28. The molecule has 5 aromatic rings. The number of ether oxygens (including phenoxy) is 1. The third kappa shape index (κ3) is 5.36. The van der Waals surface area contributed by atoms with E-state index < -0.39 is 0 Å². The highest BCUT2D eigenvalue weighted by Crippen LogP contribution is 2.29. The predicted octanol–water partition coefficient (Wildman–Crippen LogP) is 6.85. The molecular formula is C28H21N3O2S. The van der Waals surface area contributed by atoms with Gasteiger partial charge in [-0.15, -0.1) is 11.3 Å². The van der Waals surface area contributed by atoms with Crippen molar-refractivity contribution in [3.63, 3.8) is 0 Å². The molecule has 166 valence electrons. The number of aromatic nitrogens is 2. The molecule has 0 atom stereocenters. The van der Waals surface area contributed by atoms with E-state index >= 15 is 0 Å². The molecule has 0 radical (unpaired) electrons. The van der Waals surface area contributed by atoms with Gasteiger partial charge in [-0.05, 0) is 54.1 Å². The van der Waals surface area contributed by atoms with Crippen molar-refractivity contribution in [2.45, 2.75) is 6.42 Å². The lowest BCUT2D eigenvalue weighted by Crippen LogP contribution is -2.14. The topological polar surface area (TPSA) is 64.1 Å². The monoisotopic (exact) mass is 463 g/mol. The summed E-state index contributed by atoms with van der Waals surface area (Å²) in [4.78, 5) is 21.3. The second kappa shape index (κ2) is 10.1. The number of carbonyl (C=O) groups is 1. The van der Waals surface area contributed by atoms with E-state index in [-0.39, 0.29) is 5.91 Å². The summed E-state index contributed by atoms with van der Waals surface area (Å²) >= 11 is 1.60. The van der Waals surface area contributed by atoms with E-state index in [1.807, 2.05) is 96.4 Å². The Kier molecular flexibility index (Phi) is 6.40. The number of para-hydroxylation sites is 1. The van der Waals surface area contributed by atoms with E-state index in [0.717, 1.165) is 38.8 Å². The first-order valence-electron chi connectivity index (χ1n) is 10.8. The van der Waals surface area contributed by atoms with E-state index in [1.54, 1.807) is 23.7 Å². The van der Waals surface area contributed by atoms with Crippen LogP contribution in [0.5, 0.6) is 11.5 Å². The summed E-state index contributed by atoms with van der Waals surface area (Å²) in [6.07, 6.45) is 3.83. The highest BCUT2D eigenvalue weighted by molar-refractivity contribution is 7.13. The molecule has 34 heavy (non-hydrogen) atoms. The normalized spacial score (nSPS) is 10.6. The van der Waals surface area contributed by atoms with Crippen molar-refractivity contribution in [2.24, 2.45) is 0 Å². The average molecular weight is 464 g/mol. The number of hydrogen-bond acceptors (Lipinski definition) is 5. The maximum absolute atomic E-state index is 12.5. The lowest BCUT2D eigenvalue weighted by atomic mass is 10.1. The molecule has 2 heterocycles. The molecule has 0 bridgehead atoms. The summed E-state index contributed by atoms with van der Waals surface area (Å²) in [5.74, 6) is 1.42. The van der Waals surface area contributed by atoms with Crippen LogP contribution in [0.25, 0.3) is 21.8 Å². The van der Waals surface area contributed by atoms with Gasteiger partial charge in [-0.2, -0.15) is 0 Å². The maximum atomic E-state index is 12.5. The number of benzene rings is 3. The number of pyridine rings is 1. The maximum Gasteiger partial charge on any atom is 0.228 e. The first-order valence-corrected chi connectivity index (χ1v) is 11.7. The van der Waals surface area contributed by atoms with Crippen molar-refractivity contribution in [3.8, 4) is 33.3 Å². The first-order chi connectivity index (χ1) is 16.7. The van der Waals surface area contributed by atoms with Crippen LogP contribution >= 0.6 is 11.3 Å². The largest absolute Gasteiger partial charge is 0.457 e. The molecule has 0 aliphatic carbocycles. The minimum absolute atomic E-state index is 0.0712. The fraction of sp³-hybridized carbons (Fsp3) is 0.0357. The molecule has 0 aliphatic rings. The summed E-state index contributed by atoms with van der Waals surface area (Å²) in [6.45, 7) is 0. The Morgan fingerprint density at radius 2 is 1.50 bits per heavy atom. The second-order valence-electron chi connectivity index (χ2n) is 7.64. The van der Waals surface area contributed by atoms with Crippen LogP contribution < -0.4 is 10.1 Å². The van der Waals surface area contributed by atoms with Gasteiger partial charge in [0, 0.05) is 34.6 Å². The van der Waals surface area contributed by atoms with Crippen molar-refractivity contribution in [3.05, 3.63) is 114 Å².